The molecule has 3 rings (SSSR count). The Morgan fingerprint density at radius 2 is 2.00 bits per heavy atom. The third-order valence-corrected chi connectivity index (χ3v) is 4.54. The molecule has 1 N–H and O–H groups in total. The van der Waals surface area contributed by atoms with Gasteiger partial charge in [-0.15, -0.1) is 0 Å². The highest BCUT2D eigenvalue weighted by Crippen LogP contribution is 2.38. The van der Waals surface area contributed by atoms with Gasteiger partial charge >= 0.3 is 0 Å². The van der Waals surface area contributed by atoms with Crippen molar-refractivity contribution in [1.82, 2.24) is 15.5 Å². The largest absolute Gasteiger partial charge is 0.339 e. The fourth-order valence-corrected chi connectivity index (χ4v) is 3.24. The molecule has 0 amide bonds. The summed E-state index contributed by atoms with van der Waals surface area (Å²) < 4.78 is 5.56. The molecule has 4 nitrogen and oxygen atoms in total. The molecule has 1 atom stereocenters. The second kappa shape index (κ2) is 5.00. The van der Waals surface area contributed by atoms with E-state index < -0.39 is 0 Å². The van der Waals surface area contributed by atoms with Crippen molar-refractivity contribution < 1.29 is 4.52 Å². The molecule has 1 aromatic heterocycles. The lowest BCUT2D eigenvalue weighted by molar-refractivity contribution is 0.231. The number of rotatable bonds is 2. The predicted octanol–water partition coefficient (Wildman–Crippen LogP) is 3.11. The van der Waals surface area contributed by atoms with Crippen LogP contribution in [-0.4, -0.2) is 16.7 Å². The van der Waals surface area contributed by atoms with Gasteiger partial charge in [0.1, 0.15) is 0 Å². The standard InChI is InChI=1S/C14H23N3O/c1-14(8-4-2-5-9-14)13-16-12(17-18-13)11-7-3-6-10-15-11/h11,15H,2-10H2,1H3. The zero-order valence-corrected chi connectivity index (χ0v) is 11.2. The zero-order valence-electron chi connectivity index (χ0n) is 11.2. The smallest absolute Gasteiger partial charge is 0.232 e. The van der Waals surface area contributed by atoms with E-state index in [1.54, 1.807) is 0 Å². The average molecular weight is 249 g/mol. The first-order valence-corrected chi connectivity index (χ1v) is 7.35. The van der Waals surface area contributed by atoms with E-state index in [9.17, 15) is 0 Å². The lowest BCUT2D eigenvalue weighted by atomic mass is 9.75. The molecule has 2 heterocycles. The first-order chi connectivity index (χ1) is 8.78. The van der Waals surface area contributed by atoms with Crippen molar-refractivity contribution in [2.24, 2.45) is 0 Å². The fourth-order valence-electron chi connectivity index (χ4n) is 3.24. The summed E-state index contributed by atoms with van der Waals surface area (Å²) >= 11 is 0. The van der Waals surface area contributed by atoms with Gasteiger partial charge in [-0.3, -0.25) is 0 Å². The molecule has 2 fully saturated rings. The van der Waals surface area contributed by atoms with Crippen LogP contribution in [-0.2, 0) is 5.41 Å². The molecule has 0 radical (unpaired) electrons. The van der Waals surface area contributed by atoms with E-state index >= 15 is 0 Å². The third kappa shape index (κ3) is 2.30. The Morgan fingerprint density at radius 3 is 2.72 bits per heavy atom. The van der Waals surface area contributed by atoms with E-state index in [4.69, 9.17) is 4.52 Å². The highest BCUT2D eigenvalue weighted by molar-refractivity contribution is 5.06. The van der Waals surface area contributed by atoms with Gasteiger partial charge in [-0.25, -0.2) is 0 Å². The van der Waals surface area contributed by atoms with Crippen LogP contribution in [0.15, 0.2) is 4.52 Å². The number of piperidine rings is 1. The van der Waals surface area contributed by atoms with Gasteiger partial charge in [0, 0.05) is 5.41 Å². The van der Waals surface area contributed by atoms with Gasteiger partial charge in [-0.05, 0) is 32.2 Å². The summed E-state index contributed by atoms with van der Waals surface area (Å²) in [4.78, 5) is 4.69. The van der Waals surface area contributed by atoms with Crippen LogP contribution in [0.4, 0.5) is 0 Å². The van der Waals surface area contributed by atoms with Crippen LogP contribution in [0.25, 0.3) is 0 Å². The van der Waals surface area contributed by atoms with Gasteiger partial charge in [-0.2, -0.15) is 4.98 Å². The van der Waals surface area contributed by atoms with Crippen molar-refractivity contribution in [2.45, 2.75) is 69.7 Å². The molecule has 18 heavy (non-hydrogen) atoms. The molecule has 0 aromatic carbocycles. The third-order valence-electron chi connectivity index (χ3n) is 4.54. The number of nitrogens with one attached hydrogen (secondary N) is 1. The number of nitrogens with zero attached hydrogens (tertiary/aromatic N) is 2. The van der Waals surface area contributed by atoms with Gasteiger partial charge in [0.2, 0.25) is 5.89 Å². The van der Waals surface area contributed by atoms with E-state index in [2.05, 4.69) is 22.4 Å². The molecule has 0 bridgehead atoms. The lowest BCUT2D eigenvalue weighted by Crippen LogP contribution is -2.28. The molecule has 1 saturated carbocycles. The molecular formula is C14H23N3O. The molecule has 0 spiro atoms. The van der Waals surface area contributed by atoms with E-state index in [0.29, 0.717) is 6.04 Å². The minimum atomic E-state index is 0.123. The first-order valence-electron chi connectivity index (χ1n) is 7.35. The normalized spacial score (nSPS) is 28.2. The van der Waals surface area contributed by atoms with Crippen molar-refractivity contribution in [1.29, 1.82) is 0 Å². The Bertz CT molecular complexity index is 389. The van der Waals surface area contributed by atoms with Crippen molar-refractivity contribution in [2.75, 3.05) is 6.54 Å². The molecular weight excluding hydrogens is 226 g/mol. The molecule has 1 aliphatic heterocycles. The zero-order chi connectivity index (χ0) is 12.4. The molecule has 2 aliphatic rings. The number of hydrogen-bond donors (Lipinski definition) is 1. The van der Waals surface area contributed by atoms with Crippen LogP contribution < -0.4 is 5.32 Å². The summed E-state index contributed by atoms with van der Waals surface area (Å²) in [5.41, 5.74) is 0.123. The fraction of sp³-hybridized carbons (Fsp3) is 0.857. The Labute approximate surface area is 109 Å². The summed E-state index contributed by atoms with van der Waals surface area (Å²) in [6.45, 7) is 3.35. The maximum Gasteiger partial charge on any atom is 0.232 e. The monoisotopic (exact) mass is 249 g/mol. The van der Waals surface area contributed by atoms with Crippen LogP contribution in [0.5, 0.6) is 0 Å². The average Bonchev–Trinajstić information content (AvgIpc) is 2.91. The minimum Gasteiger partial charge on any atom is -0.339 e. The molecule has 100 valence electrons. The van der Waals surface area contributed by atoms with Gasteiger partial charge < -0.3 is 9.84 Å². The summed E-state index contributed by atoms with van der Waals surface area (Å²) in [5.74, 6) is 1.74. The van der Waals surface area contributed by atoms with Crippen molar-refractivity contribution in [3.8, 4) is 0 Å². The highest BCUT2D eigenvalue weighted by atomic mass is 16.5. The molecule has 1 aromatic rings. The van der Waals surface area contributed by atoms with Gasteiger partial charge in [0.25, 0.3) is 0 Å². The van der Waals surface area contributed by atoms with Gasteiger partial charge in [0.15, 0.2) is 5.82 Å². The Morgan fingerprint density at radius 1 is 1.17 bits per heavy atom. The maximum atomic E-state index is 5.56. The SMILES string of the molecule is CC1(c2nc(C3CCCCN3)no2)CCCCC1. The summed E-state index contributed by atoms with van der Waals surface area (Å²) in [6, 6.07) is 0.309. The Kier molecular flexibility index (Phi) is 3.37. The van der Waals surface area contributed by atoms with E-state index in [0.717, 1.165) is 24.7 Å². The topological polar surface area (TPSA) is 51.0 Å². The molecule has 1 saturated heterocycles. The van der Waals surface area contributed by atoms with E-state index in [1.807, 2.05) is 0 Å². The minimum absolute atomic E-state index is 0.123. The number of aromatic nitrogens is 2. The quantitative estimate of drug-likeness (QED) is 0.875. The van der Waals surface area contributed by atoms with Crippen molar-refractivity contribution in [3.05, 3.63) is 11.7 Å². The predicted molar refractivity (Wildman–Crippen MR) is 69.3 cm³/mol. The van der Waals surface area contributed by atoms with Gasteiger partial charge in [0.05, 0.1) is 6.04 Å². The van der Waals surface area contributed by atoms with Crippen LogP contribution >= 0.6 is 0 Å². The summed E-state index contributed by atoms with van der Waals surface area (Å²) in [7, 11) is 0. The Balaban J connectivity index is 1.75. The lowest BCUT2D eigenvalue weighted by Gasteiger charge is -2.29. The summed E-state index contributed by atoms with van der Waals surface area (Å²) in [6.07, 6.45) is 9.96. The van der Waals surface area contributed by atoms with Crippen molar-refractivity contribution >= 4 is 0 Å². The Hall–Kier alpha value is -0.900. The maximum absolute atomic E-state index is 5.56. The van der Waals surface area contributed by atoms with Crippen LogP contribution in [0.2, 0.25) is 0 Å². The van der Waals surface area contributed by atoms with Crippen LogP contribution in [0.3, 0.4) is 0 Å². The van der Waals surface area contributed by atoms with E-state index in [-0.39, 0.29) is 5.41 Å². The van der Waals surface area contributed by atoms with E-state index in [1.165, 1.54) is 44.9 Å². The van der Waals surface area contributed by atoms with Crippen LogP contribution in [0.1, 0.15) is 76.0 Å². The summed E-state index contributed by atoms with van der Waals surface area (Å²) in [5, 5.41) is 7.69. The first kappa shape index (κ1) is 12.2. The van der Waals surface area contributed by atoms with Crippen LogP contribution in [0, 0.1) is 0 Å². The second-order valence-electron chi connectivity index (χ2n) is 6.08. The second-order valence-corrected chi connectivity index (χ2v) is 6.08. The molecule has 1 unspecified atom stereocenters. The number of hydrogen-bond acceptors (Lipinski definition) is 4. The highest BCUT2D eigenvalue weighted by Gasteiger charge is 2.35. The van der Waals surface area contributed by atoms with Gasteiger partial charge in [-0.1, -0.05) is 37.8 Å². The molecule has 1 aliphatic carbocycles. The molecule has 4 heteroatoms. The van der Waals surface area contributed by atoms with Crippen molar-refractivity contribution in [3.63, 3.8) is 0 Å².